The molecule has 0 spiro atoms. The van der Waals surface area contributed by atoms with Gasteiger partial charge in [-0.1, -0.05) is 24.6 Å². The van der Waals surface area contributed by atoms with E-state index in [2.05, 4.69) is 16.4 Å². The molecule has 1 aromatic carbocycles. The number of carboxylic acids is 1. The predicted octanol–water partition coefficient (Wildman–Crippen LogP) is 3.66. The van der Waals surface area contributed by atoms with E-state index in [1.54, 1.807) is 12.1 Å². The number of rotatable bonds is 5. The third-order valence-corrected chi connectivity index (χ3v) is 4.04. The normalized spacial score (nSPS) is 14.5. The third-order valence-electron chi connectivity index (χ3n) is 4.04. The summed E-state index contributed by atoms with van der Waals surface area (Å²) in [6.45, 7) is 0.635. The maximum absolute atomic E-state index is 10.8. The Morgan fingerprint density at radius 1 is 1.19 bits per heavy atom. The summed E-state index contributed by atoms with van der Waals surface area (Å²) in [5, 5.41) is 12.1. The minimum atomic E-state index is -0.900. The van der Waals surface area contributed by atoms with Crippen molar-refractivity contribution in [3.63, 3.8) is 0 Å². The standard InChI is InChI=1S/C17H18N2O2/c20-17(21)14-6-4-12(5-7-14)10-18-16-9-8-15(11-19-16)13-2-1-3-13/h4-9,11,13H,1-3,10H2,(H,18,19)(H,20,21). The summed E-state index contributed by atoms with van der Waals surface area (Å²) in [6.07, 6.45) is 5.85. The summed E-state index contributed by atoms with van der Waals surface area (Å²) < 4.78 is 0. The van der Waals surface area contributed by atoms with Crippen molar-refractivity contribution in [1.82, 2.24) is 4.98 Å². The van der Waals surface area contributed by atoms with Crippen LogP contribution in [0.1, 0.15) is 46.7 Å². The minimum Gasteiger partial charge on any atom is -0.478 e. The first kappa shape index (κ1) is 13.6. The highest BCUT2D eigenvalue weighted by atomic mass is 16.4. The number of aromatic nitrogens is 1. The Hall–Kier alpha value is -2.36. The maximum atomic E-state index is 10.8. The number of nitrogens with zero attached hydrogens (tertiary/aromatic N) is 1. The van der Waals surface area contributed by atoms with Crippen LogP contribution in [0.4, 0.5) is 5.82 Å². The van der Waals surface area contributed by atoms with E-state index in [1.165, 1.54) is 24.8 Å². The van der Waals surface area contributed by atoms with Gasteiger partial charge in [0.25, 0.3) is 0 Å². The zero-order chi connectivity index (χ0) is 14.7. The van der Waals surface area contributed by atoms with E-state index in [9.17, 15) is 4.79 Å². The average molecular weight is 282 g/mol. The second-order valence-corrected chi connectivity index (χ2v) is 5.46. The third kappa shape index (κ3) is 3.21. The lowest BCUT2D eigenvalue weighted by atomic mass is 9.81. The Bertz CT molecular complexity index is 616. The number of benzene rings is 1. The second kappa shape index (κ2) is 5.95. The molecular formula is C17H18N2O2. The summed E-state index contributed by atoms with van der Waals surface area (Å²) in [5.41, 5.74) is 2.67. The molecule has 21 heavy (non-hydrogen) atoms. The first-order valence-electron chi connectivity index (χ1n) is 7.24. The molecule has 1 saturated carbocycles. The highest BCUT2D eigenvalue weighted by molar-refractivity contribution is 5.87. The number of carboxylic acid groups (broad SMARTS) is 1. The van der Waals surface area contributed by atoms with Gasteiger partial charge in [-0.2, -0.15) is 0 Å². The highest BCUT2D eigenvalue weighted by Crippen LogP contribution is 2.35. The predicted molar refractivity (Wildman–Crippen MR) is 81.6 cm³/mol. The number of hydrogen-bond donors (Lipinski definition) is 2. The highest BCUT2D eigenvalue weighted by Gasteiger charge is 2.19. The molecule has 1 fully saturated rings. The molecule has 2 aromatic rings. The largest absolute Gasteiger partial charge is 0.478 e. The monoisotopic (exact) mass is 282 g/mol. The molecule has 4 heteroatoms. The lowest BCUT2D eigenvalue weighted by Crippen LogP contribution is -2.09. The molecule has 1 aliphatic rings. The van der Waals surface area contributed by atoms with Crippen molar-refractivity contribution in [3.8, 4) is 0 Å². The van der Waals surface area contributed by atoms with E-state index in [4.69, 9.17) is 5.11 Å². The molecule has 1 aromatic heterocycles. The fourth-order valence-corrected chi connectivity index (χ4v) is 2.45. The summed E-state index contributed by atoms with van der Waals surface area (Å²) in [4.78, 5) is 15.2. The van der Waals surface area contributed by atoms with Crippen LogP contribution < -0.4 is 5.32 Å². The van der Waals surface area contributed by atoms with E-state index < -0.39 is 5.97 Å². The SMILES string of the molecule is O=C(O)c1ccc(CNc2ccc(C3CCC3)cn2)cc1. The average Bonchev–Trinajstić information content (AvgIpc) is 2.45. The van der Waals surface area contributed by atoms with Gasteiger partial charge < -0.3 is 10.4 Å². The van der Waals surface area contributed by atoms with Crippen LogP contribution in [-0.4, -0.2) is 16.1 Å². The first-order valence-corrected chi connectivity index (χ1v) is 7.24. The topological polar surface area (TPSA) is 62.2 Å². The van der Waals surface area contributed by atoms with Gasteiger partial charge in [0, 0.05) is 12.7 Å². The summed E-state index contributed by atoms with van der Waals surface area (Å²) in [5.74, 6) is 0.651. The van der Waals surface area contributed by atoms with Crippen LogP contribution in [0.3, 0.4) is 0 Å². The minimum absolute atomic E-state index is 0.307. The van der Waals surface area contributed by atoms with Gasteiger partial charge in [0.05, 0.1) is 5.56 Å². The Balaban J connectivity index is 1.57. The maximum Gasteiger partial charge on any atom is 0.335 e. The van der Waals surface area contributed by atoms with Crippen LogP contribution in [0.25, 0.3) is 0 Å². The number of aromatic carboxylic acids is 1. The molecular weight excluding hydrogens is 264 g/mol. The summed E-state index contributed by atoms with van der Waals surface area (Å²) in [6, 6.07) is 11.0. The molecule has 3 rings (SSSR count). The van der Waals surface area contributed by atoms with Gasteiger partial charge in [-0.25, -0.2) is 9.78 Å². The number of carbonyl (C=O) groups is 1. The molecule has 0 bridgehead atoms. The van der Waals surface area contributed by atoms with Crippen LogP contribution in [-0.2, 0) is 6.54 Å². The zero-order valence-corrected chi connectivity index (χ0v) is 11.7. The van der Waals surface area contributed by atoms with Gasteiger partial charge in [-0.15, -0.1) is 0 Å². The second-order valence-electron chi connectivity index (χ2n) is 5.46. The lowest BCUT2D eigenvalue weighted by molar-refractivity contribution is 0.0697. The van der Waals surface area contributed by atoms with Crippen molar-refractivity contribution >= 4 is 11.8 Å². The molecule has 0 aliphatic heterocycles. The molecule has 0 saturated heterocycles. The summed E-state index contributed by atoms with van der Waals surface area (Å²) in [7, 11) is 0. The number of anilines is 1. The molecule has 4 nitrogen and oxygen atoms in total. The van der Waals surface area contributed by atoms with Crippen molar-refractivity contribution in [2.24, 2.45) is 0 Å². The molecule has 0 amide bonds. The van der Waals surface area contributed by atoms with Gasteiger partial charge in [0.15, 0.2) is 0 Å². The Morgan fingerprint density at radius 2 is 1.95 bits per heavy atom. The van der Waals surface area contributed by atoms with E-state index in [-0.39, 0.29) is 0 Å². The van der Waals surface area contributed by atoms with Gasteiger partial charge >= 0.3 is 5.97 Å². The van der Waals surface area contributed by atoms with E-state index >= 15 is 0 Å². The van der Waals surface area contributed by atoms with Crippen LogP contribution in [0.5, 0.6) is 0 Å². The fourth-order valence-electron chi connectivity index (χ4n) is 2.45. The Labute approximate surface area is 123 Å². The van der Waals surface area contributed by atoms with Crippen LogP contribution >= 0.6 is 0 Å². The van der Waals surface area contributed by atoms with E-state index in [1.807, 2.05) is 24.4 Å². The van der Waals surface area contributed by atoms with E-state index in [0.717, 1.165) is 11.4 Å². The summed E-state index contributed by atoms with van der Waals surface area (Å²) >= 11 is 0. The lowest BCUT2D eigenvalue weighted by Gasteiger charge is -2.25. The van der Waals surface area contributed by atoms with Crippen LogP contribution in [0.2, 0.25) is 0 Å². The Morgan fingerprint density at radius 3 is 2.48 bits per heavy atom. The van der Waals surface area contributed by atoms with Crippen molar-refractivity contribution < 1.29 is 9.90 Å². The van der Waals surface area contributed by atoms with Crippen molar-refractivity contribution in [1.29, 1.82) is 0 Å². The molecule has 0 unspecified atom stereocenters. The number of pyridine rings is 1. The van der Waals surface area contributed by atoms with Crippen molar-refractivity contribution in [3.05, 3.63) is 59.3 Å². The van der Waals surface area contributed by atoms with Crippen molar-refractivity contribution in [2.45, 2.75) is 31.7 Å². The van der Waals surface area contributed by atoms with Gasteiger partial charge in [-0.05, 0) is 48.1 Å². The molecule has 108 valence electrons. The van der Waals surface area contributed by atoms with Gasteiger partial charge in [0.1, 0.15) is 5.82 Å². The van der Waals surface area contributed by atoms with Gasteiger partial charge in [-0.3, -0.25) is 0 Å². The van der Waals surface area contributed by atoms with Crippen molar-refractivity contribution in [2.75, 3.05) is 5.32 Å². The molecule has 1 heterocycles. The smallest absolute Gasteiger partial charge is 0.335 e. The molecule has 0 radical (unpaired) electrons. The van der Waals surface area contributed by atoms with Crippen LogP contribution in [0.15, 0.2) is 42.6 Å². The molecule has 1 aliphatic carbocycles. The van der Waals surface area contributed by atoms with E-state index in [0.29, 0.717) is 18.0 Å². The van der Waals surface area contributed by atoms with Gasteiger partial charge in [0.2, 0.25) is 0 Å². The molecule has 0 atom stereocenters. The number of hydrogen-bond acceptors (Lipinski definition) is 3. The molecule has 2 N–H and O–H groups in total. The Kier molecular flexibility index (Phi) is 3.86. The zero-order valence-electron chi connectivity index (χ0n) is 11.7. The van der Waals surface area contributed by atoms with Crippen LogP contribution in [0, 0.1) is 0 Å². The quantitative estimate of drug-likeness (QED) is 0.878. The number of nitrogens with one attached hydrogen (secondary N) is 1. The first-order chi connectivity index (χ1) is 10.2. The fraction of sp³-hybridized carbons (Fsp3) is 0.294.